The summed E-state index contributed by atoms with van der Waals surface area (Å²) in [5.74, 6) is -3.17. The number of carbonyl (C=O) groups is 2. The second-order valence-electron chi connectivity index (χ2n) is 5.46. The van der Waals surface area contributed by atoms with Crippen molar-refractivity contribution in [3.63, 3.8) is 0 Å². The van der Waals surface area contributed by atoms with E-state index in [0.717, 1.165) is 5.01 Å². The number of hydrogen-bond acceptors (Lipinski definition) is 7. The first kappa shape index (κ1) is 14.6. The number of thiazole rings is 1. The summed E-state index contributed by atoms with van der Waals surface area (Å²) >= 11 is 1.35. The van der Waals surface area contributed by atoms with Crippen LogP contribution in [0.3, 0.4) is 0 Å². The first-order valence-corrected chi connectivity index (χ1v) is 7.52. The summed E-state index contributed by atoms with van der Waals surface area (Å²) in [7, 11) is 2.75. The smallest absolute Gasteiger partial charge is 0.344 e. The molecular formula is C14H17NO5S. The van der Waals surface area contributed by atoms with E-state index >= 15 is 0 Å². The lowest BCUT2D eigenvalue weighted by molar-refractivity contribution is -0.315. The number of aryl methyl sites for hydroxylation is 1. The van der Waals surface area contributed by atoms with Crippen molar-refractivity contribution >= 4 is 23.1 Å². The number of fused-ring (bicyclic) bond motifs is 5. The number of ether oxygens (including phenoxy) is 3. The molecule has 1 fully saturated rings. The van der Waals surface area contributed by atoms with E-state index in [2.05, 4.69) is 4.98 Å². The highest BCUT2D eigenvalue weighted by Gasteiger charge is 2.72. The fraction of sp³-hybridized carbons (Fsp3) is 0.643. The average molecular weight is 311 g/mol. The molecule has 6 nitrogen and oxygen atoms in total. The number of Topliss-reactive ketones (excluding diaryl/α,β-unsaturated/α-hetero) is 1. The molecule has 1 aromatic heterocycles. The number of esters is 1. The van der Waals surface area contributed by atoms with Crippen LogP contribution >= 0.6 is 11.3 Å². The largest absolute Gasteiger partial charge is 0.467 e. The molecule has 0 spiro atoms. The Hall–Kier alpha value is -1.31. The topological polar surface area (TPSA) is 74.7 Å². The maximum Gasteiger partial charge on any atom is 0.344 e. The molecule has 2 aliphatic heterocycles. The van der Waals surface area contributed by atoms with Crippen LogP contribution in [0.2, 0.25) is 0 Å². The van der Waals surface area contributed by atoms with Crippen LogP contribution in [0.1, 0.15) is 29.4 Å². The maximum absolute atomic E-state index is 12.6. The third-order valence-corrected chi connectivity index (χ3v) is 5.63. The minimum absolute atomic E-state index is 0.0867. The number of methoxy groups -OCH3 is 2. The van der Waals surface area contributed by atoms with E-state index in [1.807, 2.05) is 6.92 Å². The van der Waals surface area contributed by atoms with Crippen LogP contribution in [0.5, 0.6) is 0 Å². The SMILES string of the molecule is COC(=O)C12OC(OC)(c3nc(C)sc31)C(C)C(=O)C2C. The molecule has 1 saturated heterocycles. The van der Waals surface area contributed by atoms with E-state index in [9.17, 15) is 9.59 Å². The van der Waals surface area contributed by atoms with Crippen molar-refractivity contribution in [2.75, 3.05) is 14.2 Å². The average Bonchev–Trinajstić information content (AvgIpc) is 2.98. The van der Waals surface area contributed by atoms with E-state index in [1.54, 1.807) is 13.8 Å². The third kappa shape index (κ3) is 1.46. The second kappa shape index (κ2) is 4.34. The van der Waals surface area contributed by atoms with Gasteiger partial charge in [-0.05, 0) is 13.8 Å². The van der Waals surface area contributed by atoms with Crippen LogP contribution in [0.25, 0.3) is 0 Å². The van der Waals surface area contributed by atoms with Crippen LogP contribution in [0.15, 0.2) is 0 Å². The Morgan fingerprint density at radius 1 is 1.33 bits per heavy atom. The fourth-order valence-electron chi connectivity index (χ4n) is 3.37. The number of hydrogen-bond donors (Lipinski definition) is 0. The van der Waals surface area contributed by atoms with Crippen LogP contribution in [-0.4, -0.2) is 31.0 Å². The zero-order chi connectivity index (χ0) is 15.6. The number of carbonyl (C=O) groups excluding carboxylic acids is 2. The van der Waals surface area contributed by atoms with Crippen molar-refractivity contribution in [3.8, 4) is 0 Å². The van der Waals surface area contributed by atoms with Crippen molar-refractivity contribution in [1.29, 1.82) is 0 Å². The highest BCUT2D eigenvalue weighted by atomic mass is 32.1. The minimum atomic E-state index is -1.45. The molecule has 0 radical (unpaired) electrons. The maximum atomic E-state index is 12.6. The molecule has 7 heteroatoms. The summed E-state index contributed by atoms with van der Waals surface area (Å²) in [6.07, 6.45) is 0. The van der Waals surface area contributed by atoms with Gasteiger partial charge in [0.05, 0.1) is 28.8 Å². The lowest BCUT2D eigenvalue weighted by atomic mass is 9.79. The first-order chi connectivity index (χ1) is 9.85. The minimum Gasteiger partial charge on any atom is -0.467 e. The molecule has 0 aliphatic carbocycles. The molecule has 0 aromatic carbocycles. The normalized spacial score (nSPS) is 37.5. The van der Waals surface area contributed by atoms with Gasteiger partial charge in [-0.2, -0.15) is 0 Å². The summed E-state index contributed by atoms with van der Waals surface area (Å²) in [4.78, 5) is 30.2. The zero-order valence-corrected chi connectivity index (χ0v) is 13.4. The molecule has 1 aromatic rings. The first-order valence-electron chi connectivity index (χ1n) is 6.71. The van der Waals surface area contributed by atoms with Gasteiger partial charge in [0, 0.05) is 7.11 Å². The summed E-state index contributed by atoms with van der Waals surface area (Å²) in [6.45, 7) is 5.29. The predicted octanol–water partition coefficient (Wildman–Crippen LogP) is 1.50. The predicted molar refractivity (Wildman–Crippen MR) is 73.7 cm³/mol. The van der Waals surface area contributed by atoms with Gasteiger partial charge in [-0.15, -0.1) is 11.3 Å². The van der Waals surface area contributed by atoms with Crippen molar-refractivity contribution in [2.45, 2.75) is 32.2 Å². The van der Waals surface area contributed by atoms with E-state index in [4.69, 9.17) is 14.2 Å². The van der Waals surface area contributed by atoms with Gasteiger partial charge in [0.2, 0.25) is 11.4 Å². The van der Waals surface area contributed by atoms with Crippen LogP contribution in [-0.2, 0) is 35.2 Å². The summed E-state index contributed by atoms with van der Waals surface area (Å²) in [5, 5.41) is 0.798. The van der Waals surface area contributed by atoms with Gasteiger partial charge in [0.25, 0.3) is 0 Å². The van der Waals surface area contributed by atoms with Gasteiger partial charge < -0.3 is 14.2 Å². The Labute approximate surface area is 126 Å². The third-order valence-electron chi connectivity index (χ3n) is 4.54. The Morgan fingerprint density at radius 2 is 2.00 bits per heavy atom. The van der Waals surface area contributed by atoms with Gasteiger partial charge in [-0.1, -0.05) is 6.92 Å². The van der Waals surface area contributed by atoms with Gasteiger partial charge in [0.1, 0.15) is 11.5 Å². The number of nitrogens with zero attached hydrogens (tertiary/aromatic N) is 1. The summed E-state index contributed by atoms with van der Waals surface area (Å²) in [5.41, 5.74) is -0.918. The molecular weight excluding hydrogens is 294 g/mol. The standard InChI is InChI=1S/C14H17NO5S/c1-6-9(16)7(2)14(19-5)10-11(21-8(3)15-10)13(6,20-14)12(17)18-4/h6-7H,1-5H3. The summed E-state index contributed by atoms with van der Waals surface area (Å²) in [6, 6.07) is 0. The molecule has 114 valence electrons. The van der Waals surface area contributed by atoms with Crippen molar-refractivity contribution in [1.82, 2.24) is 4.98 Å². The Kier molecular flexibility index (Phi) is 3.02. The molecule has 0 saturated carbocycles. The number of aromatic nitrogens is 1. The quantitative estimate of drug-likeness (QED) is 0.771. The molecule has 3 heterocycles. The second-order valence-corrected chi connectivity index (χ2v) is 6.66. The monoisotopic (exact) mass is 311 g/mol. The van der Waals surface area contributed by atoms with E-state index in [-0.39, 0.29) is 5.78 Å². The molecule has 2 aliphatic rings. The van der Waals surface area contributed by atoms with Gasteiger partial charge >= 0.3 is 5.97 Å². The van der Waals surface area contributed by atoms with Crippen molar-refractivity contribution in [2.24, 2.45) is 11.8 Å². The van der Waals surface area contributed by atoms with Crippen molar-refractivity contribution in [3.05, 3.63) is 15.6 Å². The Bertz CT molecular complexity index is 641. The van der Waals surface area contributed by atoms with Gasteiger partial charge in [0.15, 0.2) is 0 Å². The summed E-state index contributed by atoms with van der Waals surface area (Å²) < 4.78 is 16.5. The van der Waals surface area contributed by atoms with E-state index in [0.29, 0.717) is 10.6 Å². The highest BCUT2D eigenvalue weighted by Crippen LogP contribution is 2.60. The van der Waals surface area contributed by atoms with Gasteiger partial charge in [-0.3, -0.25) is 4.79 Å². The van der Waals surface area contributed by atoms with Crippen LogP contribution < -0.4 is 0 Å². The Morgan fingerprint density at radius 3 is 2.57 bits per heavy atom. The molecule has 4 unspecified atom stereocenters. The van der Waals surface area contributed by atoms with Gasteiger partial charge in [-0.25, -0.2) is 9.78 Å². The Balaban J connectivity index is 2.34. The zero-order valence-electron chi connectivity index (χ0n) is 12.6. The number of rotatable bonds is 2. The van der Waals surface area contributed by atoms with Crippen LogP contribution in [0, 0.1) is 18.8 Å². The lowest BCUT2D eigenvalue weighted by Crippen LogP contribution is -2.57. The van der Waals surface area contributed by atoms with Crippen LogP contribution in [0.4, 0.5) is 0 Å². The highest BCUT2D eigenvalue weighted by molar-refractivity contribution is 7.12. The fourth-order valence-corrected chi connectivity index (χ4v) is 4.54. The molecule has 3 rings (SSSR count). The molecule has 21 heavy (non-hydrogen) atoms. The van der Waals surface area contributed by atoms with Crippen molar-refractivity contribution < 1.29 is 23.8 Å². The molecule has 4 atom stereocenters. The molecule has 0 amide bonds. The molecule has 2 bridgehead atoms. The number of ketones is 1. The van der Waals surface area contributed by atoms with E-state index < -0.39 is 29.2 Å². The molecule has 0 N–H and O–H groups in total. The van der Waals surface area contributed by atoms with E-state index in [1.165, 1.54) is 25.6 Å². The lowest BCUT2D eigenvalue weighted by Gasteiger charge is -2.43.